The molecule has 1 aromatic rings. The van der Waals surface area contributed by atoms with Gasteiger partial charge in [-0.25, -0.2) is 4.98 Å². The lowest BCUT2D eigenvalue weighted by Gasteiger charge is -2.35. The number of hydrogen-bond acceptors (Lipinski definition) is 5. The molecule has 2 unspecified atom stereocenters. The molecule has 2 aliphatic rings. The molecule has 25 heavy (non-hydrogen) atoms. The van der Waals surface area contributed by atoms with Crippen molar-refractivity contribution in [2.75, 3.05) is 39.3 Å². The van der Waals surface area contributed by atoms with Gasteiger partial charge < -0.3 is 10.2 Å². The first-order chi connectivity index (χ1) is 12.2. The molecule has 1 amide bonds. The van der Waals surface area contributed by atoms with E-state index in [9.17, 15) is 4.79 Å². The molecule has 1 saturated carbocycles. The summed E-state index contributed by atoms with van der Waals surface area (Å²) in [5.41, 5.74) is 0. The fraction of sp³-hybridized carbons (Fsp3) is 0.833. The van der Waals surface area contributed by atoms with Gasteiger partial charge in [0, 0.05) is 45.3 Å². The summed E-state index contributed by atoms with van der Waals surface area (Å²) in [5, 5.41) is 7.38. The molecule has 7 heteroatoms. The first kappa shape index (κ1) is 18.3. The number of aryl methyl sites for hydroxylation is 1. The monoisotopic (exact) mass is 348 g/mol. The Morgan fingerprint density at radius 1 is 1.16 bits per heavy atom. The van der Waals surface area contributed by atoms with Crippen molar-refractivity contribution in [3.63, 3.8) is 0 Å². The fourth-order valence-electron chi connectivity index (χ4n) is 4.02. The van der Waals surface area contributed by atoms with Crippen LogP contribution in [0.4, 0.5) is 0 Å². The third-order valence-corrected chi connectivity index (χ3v) is 5.46. The van der Waals surface area contributed by atoms with Gasteiger partial charge >= 0.3 is 0 Å². The van der Waals surface area contributed by atoms with Crippen molar-refractivity contribution in [2.24, 2.45) is 5.92 Å². The molecule has 1 N–H and O–H groups in total. The van der Waals surface area contributed by atoms with E-state index in [1.165, 1.54) is 12.8 Å². The zero-order valence-electron chi connectivity index (χ0n) is 15.4. The number of amides is 1. The molecule has 1 aliphatic heterocycles. The van der Waals surface area contributed by atoms with Crippen LogP contribution in [0.2, 0.25) is 0 Å². The lowest BCUT2D eigenvalue weighted by molar-refractivity contribution is -0.123. The molecule has 2 fully saturated rings. The molecule has 1 aromatic heterocycles. The predicted molar refractivity (Wildman–Crippen MR) is 97.1 cm³/mol. The zero-order valence-corrected chi connectivity index (χ0v) is 15.4. The largest absolute Gasteiger partial charge is 0.352 e. The van der Waals surface area contributed by atoms with Crippen LogP contribution in [0.5, 0.6) is 0 Å². The van der Waals surface area contributed by atoms with Gasteiger partial charge in [0.1, 0.15) is 12.7 Å². The second kappa shape index (κ2) is 9.29. The maximum absolute atomic E-state index is 12.3. The maximum atomic E-state index is 12.3. The summed E-state index contributed by atoms with van der Waals surface area (Å²) in [4.78, 5) is 21.0. The number of rotatable bonds is 7. The number of carbonyl (C=O) groups is 1. The van der Waals surface area contributed by atoms with Gasteiger partial charge in [0.2, 0.25) is 5.91 Å². The summed E-state index contributed by atoms with van der Waals surface area (Å²) in [5.74, 6) is 0.957. The highest BCUT2D eigenvalue weighted by atomic mass is 16.2. The first-order valence-corrected chi connectivity index (χ1v) is 9.75. The molecular weight excluding hydrogens is 316 g/mol. The molecule has 0 bridgehead atoms. The lowest BCUT2D eigenvalue weighted by atomic mass is 9.87. The van der Waals surface area contributed by atoms with E-state index in [2.05, 4.69) is 32.1 Å². The van der Waals surface area contributed by atoms with Crippen molar-refractivity contribution < 1.29 is 4.79 Å². The molecule has 2 heterocycles. The van der Waals surface area contributed by atoms with Gasteiger partial charge in [0.15, 0.2) is 0 Å². The van der Waals surface area contributed by atoms with Crippen LogP contribution in [-0.2, 0) is 11.3 Å². The minimum atomic E-state index is 0.207. The molecule has 2 atom stereocenters. The number of nitrogens with one attached hydrogen (secondary N) is 1. The Balaban J connectivity index is 1.28. The van der Waals surface area contributed by atoms with Crippen LogP contribution in [-0.4, -0.2) is 75.8 Å². The Hall–Kier alpha value is -1.47. The summed E-state index contributed by atoms with van der Waals surface area (Å²) >= 11 is 0. The summed E-state index contributed by atoms with van der Waals surface area (Å²) in [6, 6.07) is 0.398. The second-order valence-electron chi connectivity index (χ2n) is 7.67. The third-order valence-electron chi connectivity index (χ3n) is 5.46. The molecule has 7 nitrogen and oxygen atoms in total. The molecule has 3 rings (SSSR count). The van der Waals surface area contributed by atoms with E-state index in [1.807, 2.05) is 4.68 Å². The number of piperazine rings is 1. The van der Waals surface area contributed by atoms with Crippen LogP contribution in [0.15, 0.2) is 12.7 Å². The molecule has 0 radical (unpaired) electrons. The molecule has 1 saturated heterocycles. The number of aromatic nitrogens is 3. The summed E-state index contributed by atoms with van der Waals surface area (Å²) < 4.78 is 1.88. The fourth-order valence-corrected chi connectivity index (χ4v) is 4.02. The van der Waals surface area contributed by atoms with Gasteiger partial charge in [0.05, 0.1) is 6.54 Å². The minimum Gasteiger partial charge on any atom is -0.352 e. The van der Waals surface area contributed by atoms with E-state index in [-0.39, 0.29) is 5.91 Å². The van der Waals surface area contributed by atoms with Gasteiger partial charge in [0.25, 0.3) is 0 Å². The van der Waals surface area contributed by atoms with Crippen molar-refractivity contribution in [2.45, 2.75) is 51.6 Å². The average molecular weight is 348 g/mol. The van der Waals surface area contributed by atoms with E-state index in [0.29, 0.717) is 12.6 Å². The van der Waals surface area contributed by atoms with E-state index in [1.54, 1.807) is 12.7 Å². The summed E-state index contributed by atoms with van der Waals surface area (Å²) in [6.07, 6.45) is 9.29. The van der Waals surface area contributed by atoms with E-state index >= 15 is 0 Å². The lowest BCUT2D eigenvalue weighted by Crippen LogP contribution is -2.51. The van der Waals surface area contributed by atoms with Crippen LogP contribution < -0.4 is 5.32 Å². The third kappa shape index (κ3) is 6.08. The van der Waals surface area contributed by atoms with Gasteiger partial charge in [-0.3, -0.25) is 14.4 Å². The predicted octanol–water partition coefficient (Wildman–Crippen LogP) is 0.981. The number of carbonyl (C=O) groups excluding carboxylic acids is 1. The number of hydrogen-bond donors (Lipinski definition) is 1. The molecular formula is C18H32N6O. The highest BCUT2D eigenvalue weighted by Crippen LogP contribution is 2.23. The van der Waals surface area contributed by atoms with Crippen LogP contribution in [0.25, 0.3) is 0 Å². The van der Waals surface area contributed by atoms with Crippen molar-refractivity contribution >= 4 is 5.91 Å². The van der Waals surface area contributed by atoms with E-state index in [0.717, 1.165) is 64.4 Å². The van der Waals surface area contributed by atoms with Gasteiger partial charge in [-0.15, -0.1) is 0 Å². The molecule has 1 aliphatic carbocycles. The minimum absolute atomic E-state index is 0.207. The summed E-state index contributed by atoms with van der Waals surface area (Å²) in [6.45, 7) is 8.91. The van der Waals surface area contributed by atoms with Gasteiger partial charge in [-0.2, -0.15) is 5.10 Å². The van der Waals surface area contributed by atoms with Crippen molar-refractivity contribution in [3.05, 3.63) is 12.7 Å². The number of nitrogens with zero attached hydrogens (tertiary/aromatic N) is 5. The normalized spacial score (nSPS) is 25.8. The van der Waals surface area contributed by atoms with Gasteiger partial charge in [-0.1, -0.05) is 19.8 Å². The van der Waals surface area contributed by atoms with Crippen molar-refractivity contribution in [1.82, 2.24) is 29.9 Å². The Bertz CT molecular complexity index is 512. The van der Waals surface area contributed by atoms with E-state index in [4.69, 9.17) is 0 Å². The van der Waals surface area contributed by atoms with Crippen molar-refractivity contribution in [1.29, 1.82) is 0 Å². The Morgan fingerprint density at radius 3 is 2.68 bits per heavy atom. The Kier molecular flexibility index (Phi) is 6.81. The second-order valence-corrected chi connectivity index (χ2v) is 7.67. The highest BCUT2D eigenvalue weighted by molar-refractivity contribution is 5.78. The maximum Gasteiger partial charge on any atom is 0.234 e. The smallest absolute Gasteiger partial charge is 0.234 e. The molecule has 0 spiro atoms. The van der Waals surface area contributed by atoms with Crippen LogP contribution in [0, 0.1) is 5.92 Å². The highest BCUT2D eigenvalue weighted by Gasteiger charge is 2.23. The average Bonchev–Trinajstić information content (AvgIpc) is 3.10. The van der Waals surface area contributed by atoms with Crippen LogP contribution >= 0.6 is 0 Å². The van der Waals surface area contributed by atoms with Crippen molar-refractivity contribution in [3.8, 4) is 0 Å². The Morgan fingerprint density at radius 2 is 1.96 bits per heavy atom. The van der Waals surface area contributed by atoms with Crippen LogP contribution in [0.1, 0.15) is 39.0 Å². The summed E-state index contributed by atoms with van der Waals surface area (Å²) in [7, 11) is 0. The topological polar surface area (TPSA) is 66.3 Å². The first-order valence-electron chi connectivity index (χ1n) is 9.75. The van der Waals surface area contributed by atoms with E-state index < -0.39 is 0 Å². The molecule has 140 valence electrons. The Labute approximate surface area is 150 Å². The SMILES string of the molecule is CC1CCCC(NC(=O)CN2CCN(CCCn3cncn3)CC2)C1. The zero-order chi connectivity index (χ0) is 17.5. The quantitative estimate of drug-likeness (QED) is 0.796. The molecule has 0 aromatic carbocycles. The standard InChI is InChI=1S/C18H32N6O/c1-16-4-2-5-17(12-16)21-18(25)13-23-10-8-22(9-11-23)6-3-7-24-15-19-14-20-24/h14-17H,2-13H2,1H3,(H,21,25). The van der Waals surface area contributed by atoms with Crippen LogP contribution in [0.3, 0.4) is 0 Å². The van der Waals surface area contributed by atoms with Gasteiger partial charge in [-0.05, 0) is 25.2 Å².